The lowest BCUT2D eigenvalue weighted by Crippen LogP contribution is -2.55. The number of rotatable bonds is 10. The highest BCUT2D eigenvalue weighted by Gasteiger charge is 2.33. The number of likely N-dealkylation sites (tertiary alicyclic amines) is 1. The molecular formula is C29H42N4O7. The van der Waals surface area contributed by atoms with Gasteiger partial charge >= 0.3 is 12.0 Å². The van der Waals surface area contributed by atoms with Gasteiger partial charge in [-0.3, -0.25) is 9.59 Å². The van der Waals surface area contributed by atoms with Crippen molar-refractivity contribution in [3.05, 3.63) is 36.1 Å². The van der Waals surface area contributed by atoms with Crippen molar-refractivity contribution in [3.63, 3.8) is 0 Å². The number of fused-ring (bicyclic) bond motifs is 1. The number of hydrogen-bond donors (Lipinski definition) is 4. The first kappa shape index (κ1) is 30.9. The average molecular weight is 559 g/mol. The SMILES string of the molecule is COC(=O)[C@@H](CC(C)C)NC(=O)N1CCCC(NC(=O)[C@H](CC(C)C)NC(=O)c2cc3ccccc3o2)C(O)C1. The third kappa shape index (κ3) is 8.45. The number of para-hydroxylation sites is 1. The molecule has 0 radical (unpaired) electrons. The third-order valence-corrected chi connectivity index (χ3v) is 6.90. The van der Waals surface area contributed by atoms with Crippen LogP contribution in [0.5, 0.6) is 0 Å². The van der Waals surface area contributed by atoms with E-state index in [1.54, 1.807) is 12.1 Å². The minimum atomic E-state index is -1.04. The molecule has 1 fully saturated rings. The van der Waals surface area contributed by atoms with Crippen molar-refractivity contribution >= 4 is 34.8 Å². The van der Waals surface area contributed by atoms with Gasteiger partial charge < -0.3 is 35.1 Å². The molecule has 1 saturated heterocycles. The Hall–Kier alpha value is -3.60. The van der Waals surface area contributed by atoms with Gasteiger partial charge in [0.05, 0.1) is 25.8 Å². The number of aliphatic hydroxyl groups excluding tert-OH is 1. The van der Waals surface area contributed by atoms with Crippen LogP contribution in [-0.4, -0.2) is 78.3 Å². The van der Waals surface area contributed by atoms with Crippen LogP contribution in [0.1, 0.15) is 63.9 Å². The number of β-amino-alcohol motifs (C(OH)–C–C–N with tert-alkyl or cyclic N) is 1. The van der Waals surface area contributed by atoms with E-state index >= 15 is 0 Å². The van der Waals surface area contributed by atoms with Crippen LogP contribution in [0.15, 0.2) is 34.7 Å². The van der Waals surface area contributed by atoms with Crippen molar-refractivity contribution in [1.29, 1.82) is 0 Å². The molecule has 11 heteroatoms. The molecule has 0 spiro atoms. The van der Waals surface area contributed by atoms with E-state index in [0.717, 1.165) is 5.39 Å². The first-order valence-electron chi connectivity index (χ1n) is 13.9. The van der Waals surface area contributed by atoms with E-state index in [9.17, 15) is 24.3 Å². The lowest BCUT2D eigenvalue weighted by atomic mass is 10.0. The van der Waals surface area contributed by atoms with Gasteiger partial charge in [-0.15, -0.1) is 0 Å². The summed E-state index contributed by atoms with van der Waals surface area (Å²) in [6.07, 6.45) is 0.743. The first-order chi connectivity index (χ1) is 19.0. The zero-order valence-electron chi connectivity index (χ0n) is 23.9. The Bertz CT molecular complexity index is 1150. The molecule has 2 unspecified atom stereocenters. The molecule has 4 atom stereocenters. The van der Waals surface area contributed by atoms with E-state index in [2.05, 4.69) is 16.0 Å². The monoisotopic (exact) mass is 558 g/mol. The van der Waals surface area contributed by atoms with Crippen molar-refractivity contribution in [3.8, 4) is 0 Å². The topological polar surface area (TPSA) is 150 Å². The molecule has 1 aliphatic rings. The largest absolute Gasteiger partial charge is 0.467 e. The van der Waals surface area contributed by atoms with Gasteiger partial charge in [0.25, 0.3) is 5.91 Å². The molecule has 4 amide bonds. The number of methoxy groups -OCH3 is 1. The van der Waals surface area contributed by atoms with Gasteiger partial charge in [0.15, 0.2) is 5.76 Å². The highest BCUT2D eigenvalue weighted by atomic mass is 16.5. The molecule has 220 valence electrons. The van der Waals surface area contributed by atoms with E-state index in [1.807, 2.05) is 45.9 Å². The number of carbonyl (C=O) groups is 4. The lowest BCUT2D eigenvalue weighted by molar-refractivity contribution is -0.143. The Morgan fingerprint density at radius 1 is 1.05 bits per heavy atom. The van der Waals surface area contributed by atoms with Gasteiger partial charge in [-0.2, -0.15) is 0 Å². The van der Waals surface area contributed by atoms with E-state index in [0.29, 0.717) is 37.8 Å². The maximum Gasteiger partial charge on any atom is 0.328 e. The fourth-order valence-electron chi connectivity index (χ4n) is 4.87. The molecule has 1 aliphatic heterocycles. The third-order valence-electron chi connectivity index (χ3n) is 6.90. The zero-order chi connectivity index (χ0) is 29.4. The number of hydrogen-bond acceptors (Lipinski definition) is 7. The summed E-state index contributed by atoms with van der Waals surface area (Å²) in [5.74, 6) is -1.06. The first-order valence-corrected chi connectivity index (χ1v) is 13.9. The van der Waals surface area contributed by atoms with Crippen molar-refractivity contribution < 1.29 is 33.4 Å². The number of esters is 1. The number of ether oxygens (including phenoxy) is 1. The quantitative estimate of drug-likeness (QED) is 0.328. The smallest absolute Gasteiger partial charge is 0.328 e. The molecule has 4 N–H and O–H groups in total. The van der Waals surface area contributed by atoms with Crippen molar-refractivity contribution in [1.82, 2.24) is 20.9 Å². The highest BCUT2D eigenvalue weighted by Crippen LogP contribution is 2.20. The Morgan fingerprint density at radius 2 is 1.73 bits per heavy atom. The van der Waals surface area contributed by atoms with E-state index in [-0.39, 0.29) is 24.1 Å². The summed E-state index contributed by atoms with van der Waals surface area (Å²) < 4.78 is 10.5. The summed E-state index contributed by atoms with van der Waals surface area (Å²) in [7, 11) is 1.27. The molecule has 1 aromatic carbocycles. The standard InChI is InChI=1S/C29H42N4O7/c1-17(2)13-21(31-27(36)25-15-19-9-6-7-11-24(19)40-25)26(35)30-20-10-8-12-33(16-23(20)34)29(38)32-22(14-18(3)4)28(37)39-5/h6-7,9,11,15,17-18,20-23,34H,8,10,12-14,16H2,1-5H3,(H,30,35)(H,31,36)(H,32,38)/t20?,21-,22+,23?/m0/s1. The van der Waals surface area contributed by atoms with Crippen LogP contribution in [0.3, 0.4) is 0 Å². The van der Waals surface area contributed by atoms with Crippen LogP contribution in [0.4, 0.5) is 4.79 Å². The summed E-state index contributed by atoms with van der Waals surface area (Å²) in [6, 6.07) is 6.18. The van der Waals surface area contributed by atoms with Crippen LogP contribution >= 0.6 is 0 Å². The maximum absolute atomic E-state index is 13.3. The fraction of sp³-hybridized carbons (Fsp3) is 0.586. The Labute approximate surface area is 235 Å². The molecule has 3 rings (SSSR count). The maximum atomic E-state index is 13.3. The minimum Gasteiger partial charge on any atom is -0.467 e. The second-order valence-electron chi connectivity index (χ2n) is 11.2. The predicted molar refractivity (Wildman–Crippen MR) is 149 cm³/mol. The lowest BCUT2D eigenvalue weighted by Gasteiger charge is -2.28. The minimum absolute atomic E-state index is 0.0213. The van der Waals surface area contributed by atoms with Crippen molar-refractivity contribution in [2.75, 3.05) is 20.2 Å². The summed E-state index contributed by atoms with van der Waals surface area (Å²) in [5.41, 5.74) is 0.579. The Kier molecular flexibility index (Phi) is 10.9. The van der Waals surface area contributed by atoms with Gasteiger partial charge in [-0.05, 0) is 49.7 Å². The highest BCUT2D eigenvalue weighted by molar-refractivity contribution is 5.98. The second-order valence-corrected chi connectivity index (χ2v) is 11.2. The van der Waals surface area contributed by atoms with Gasteiger partial charge in [0.1, 0.15) is 17.7 Å². The Morgan fingerprint density at radius 3 is 2.38 bits per heavy atom. The van der Waals surface area contributed by atoms with Gasteiger partial charge in [-0.25, -0.2) is 9.59 Å². The van der Waals surface area contributed by atoms with E-state index in [4.69, 9.17) is 9.15 Å². The summed E-state index contributed by atoms with van der Waals surface area (Å²) in [5, 5.41) is 20.1. The Balaban J connectivity index is 1.63. The molecule has 2 heterocycles. The predicted octanol–water partition coefficient (Wildman–Crippen LogP) is 2.82. The number of furan rings is 1. The normalized spacial score (nSPS) is 19.1. The number of carbonyl (C=O) groups excluding carboxylic acids is 4. The van der Waals surface area contributed by atoms with Crippen molar-refractivity contribution in [2.45, 2.75) is 77.6 Å². The summed E-state index contributed by atoms with van der Waals surface area (Å²) >= 11 is 0. The van der Waals surface area contributed by atoms with Crippen LogP contribution < -0.4 is 16.0 Å². The number of nitrogens with one attached hydrogen (secondary N) is 3. The molecule has 0 aliphatic carbocycles. The van der Waals surface area contributed by atoms with Crippen LogP contribution in [0, 0.1) is 11.8 Å². The van der Waals surface area contributed by atoms with E-state index in [1.165, 1.54) is 12.0 Å². The molecule has 0 bridgehead atoms. The number of benzene rings is 1. The van der Waals surface area contributed by atoms with Crippen LogP contribution in [0.25, 0.3) is 11.0 Å². The van der Waals surface area contributed by atoms with Crippen LogP contribution in [-0.2, 0) is 14.3 Å². The number of aliphatic hydroxyl groups is 1. The van der Waals surface area contributed by atoms with Gasteiger partial charge in [0, 0.05) is 11.9 Å². The van der Waals surface area contributed by atoms with E-state index < -0.39 is 48.0 Å². The molecular weight excluding hydrogens is 516 g/mol. The number of nitrogens with zero attached hydrogens (tertiary/aromatic N) is 1. The zero-order valence-corrected chi connectivity index (χ0v) is 23.9. The number of amides is 4. The average Bonchev–Trinajstić information content (AvgIpc) is 3.26. The summed E-state index contributed by atoms with van der Waals surface area (Å²) in [6.45, 7) is 8.11. The second kappa shape index (κ2) is 14.2. The van der Waals surface area contributed by atoms with Gasteiger partial charge in [-0.1, -0.05) is 45.9 Å². The molecule has 0 saturated carbocycles. The molecule has 1 aromatic heterocycles. The number of urea groups is 1. The van der Waals surface area contributed by atoms with Crippen LogP contribution in [0.2, 0.25) is 0 Å². The molecule has 11 nitrogen and oxygen atoms in total. The van der Waals surface area contributed by atoms with Gasteiger partial charge in [0.2, 0.25) is 5.91 Å². The fourth-order valence-corrected chi connectivity index (χ4v) is 4.87. The molecule has 2 aromatic rings. The summed E-state index contributed by atoms with van der Waals surface area (Å²) in [4.78, 5) is 52.8. The van der Waals surface area contributed by atoms with Crippen molar-refractivity contribution in [2.24, 2.45) is 11.8 Å². The molecule has 40 heavy (non-hydrogen) atoms.